The minimum atomic E-state index is -1.21. The highest BCUT2D eigenvalue weighted by atomic mass is 19.1. The number of hydrogen-bond acceptors (Lipinski definition) is 2. The Labute approximate surface area is 71.8 Å². The monoisotopic (exact) mass is 171 g/mol. The fourth-order valence-corrected chi connectivity index (χ4v) is 1.74. The summed E-state index contributed by atoms with van der Waals surface area (Å²) in [6, 6.07) is 0. The summed E-state index contributed by atoms with van der Waals surface area (Å²) >= 11 is 0. The first-order valence-electron chi connectivity index (χ1n) is 4.54. The van der Waals surface area contributed by atoms with Crippen molar-refractivity contribution in [3.8, 4) is 0 Å². The third kappa shape index (κ3) is 1.33. The Morgan fingerprint density at radius 1 is 1.58 bits per heavy atom. The lowest BCUT2D eigenvalue weighted by Gasteiger charge is -2.25. The van der Waals surface area contributed by atoms with Crippen LogP contribution >= 0.6 is 0 Å². The van der Waals surface area contributed by atoms with Crippen molar-refractivity contribution in [2.45, 2.75) is 24.9 Å². The van der Waals surface area contributed by atoms with E-state index in [4.69, 9.17) is 4.74 Å². The fourth-order valence-electron chi connectivity index (χ4n) is 1.74. The molecule has 1 saturated heterocycles. The highest BCUT2D eigenvalue weighted by molar-refractivity contribution is 5.15. The van der Waals surface area contributed by atoms with Crippen LogP contribution in [0.5, 0.6) is 0 Å². The van der Waals surface area contributed by atoms with Crippen molar-refractivity contribution < 1.29 is 9.13 Å². The number of alkyl halides is 1. The topological polar surface area (TPSA) is 21.3 Å². The Balaban J connectivity index is 2.10. The van der Waals surface area contributed by atoms with Crippen molar-refractivity contribution in [3.05, 3.63) is 11.8 Å². The van der Waals surface area contributed by atoms with Gasteiger partial charge in [-0.05, 0) is 25.5 Å². The molecule has 2 heterocycles. The summed E-state index contributed by atoms with van der Waals surface area (Å²) in [6.45, 7) is 1.85. The molecule has 0 aromatic heterocycles. The number of rotatable bonds is 1. The second-order valence-corrected chi connectivity index (χ2v) is 3.45. The lowest BCUT2D eigenvalue weighted by molar-refractivity contribution is 0.0872. The molecule has 0 spiro atoms. The van der Waals surface area contributed by atoms with Crippen LogP contribution in [-0.2, 0) is 4.74 Å². The smallest absolute Gasteiger partial charge is 0.180 e. The van der Waals surface area contributed by atoms with E-state index in [0.29, 0.717) is 25.3 Å². The maximum Gasteiger partial charge on any atom is 0.180 e. The zero-order chi connectivity index (χ0) is 8.44. The van der Waals surface area contributed by atoms with Gasteiger partial charge in [0.2, 0.25) is 0 Å². The maximum absolute atomic E-state index is 13.9. The van der Waals surface area contributed by atoms with Crippen LogP contribution in [-0.4, -0.2) is 25.4 Å². The van der Waals surface area contributed by atoms with Crippen molar-refractivity contribution in [1.82, 2.24) is 5.32 Å². The summed E-state index contributed by atoms with van der Waals surface area (Å²) in [7, 11) is 0. The summed E-state index contributed by atoms with van der Waals surface area (Å²) in [5.41, 5.74) is -1.21. The van der Waals surface area contributed by atoms with Gasteiger partial charge in [0.05, 0.1) is 6.61 Å². The van der Waals surface area contributed by atoms with E-state index < -0.39 is 5.67 Å². The van der Waals surface area contributed by atoms with E-state index in [0.717, 1.165) is 19.4 Å². The molecule has 3 heteroatoms. The Bertz CT molecular complexity index is 197. The first-order chi connectivity index (χ1) is 5.81. The van der Waals surface area contributed by atoms with Gasteiger partial charge >= 0.3 is 0 Å². The van der Waals surface area contributed by atoms with Crippen LogP contribution in [0.4, 0.5) is 4.39 Å². The summed E-state index contributed by atoms with van der Waals surface area (Å²) < 4.78 is 19.3. The van der Waals surface area contributed by atoms with Crippen molar-refractivity contribution in [2.24, 2.45) is 0 Å². The van der Waals surface area contributed by atoms with E-state index in [1.165, 1.54) is 0 Å². The van der Waals surface area contributed by atoms with Crippen molar-refractivity contribution in [2.75, 3.05) is 19.7 Å². The van der Waals surface area contributed by atoms with E-state index in [1.54, 1.807) is 0 Å². The molecule has 1 fully saturated rings. The normalized spacial score (nSPS) is 35.9. The van der Waals surface area contributed by atoms with E-state index in [-0.39, 0.29) is 0 Å². The first-order valence-corrected chi connectivity index (χ1v) is 4.54. The van der Waals surface area contributed by atoms with Gasteiger partial charge in [-0.1, -0.05) is 0 Å². The van der Waals surface area contributed by atoms with Crippen LogP contribution in [0.1, 0.15) is 19.3 Å². The van der Waals surface area contributed by atoms with E-state index in [1.807, 2.05) is 6.08 Å². The lowest BCUT2D eigenvalue weighted by Crippen LogP contribution is -2.31. The van der Waals surface area contributed by atoms with Crippen LogP contribution in [0.15, 0.2) is 11.8 Å². The SMILES string of the molecule is FC1(C2=CCCCO2)CCNC1. The van der Waals surface area contributed by atoms with E-state index >= 15 is 0 Å². The molecule has 1 unspecified atom stereocenters. The largest absolute Gasteiger partial charge is 0.495 e. The zero-order valence-corrected chi connectivity index (χ0v) is 7.11. The molecule has 68 valence electrons. The van der Waals surface area contributed by atoms with Crippen molar-refractivity contribution >= 4 is 0 Å². The maximum atomic E-state index is 13.9. The fraction of sp³-hybridized carbons (Fsp3) is 0.778. The summed E-state index contributed by atoms with van der Waals surface area (Å²) in [6.07, 6.45) is 4.43. The summed E-state index contributed by atoms with van der Waals surface area (Å²) in [5.74, 6) is 0.568. The average molecular weight is 171 g/mol. The minimum Gasteiger partial charge on any atom is -0.495 e. The number of hydrogen-bond donors (Lipinski definition) is 1. The predicted molar refractivity (Wildman–Crippen MR) is 44.6 cm³/mol. The molecule has 0 saturated carbocycles. The molecule has 2 nitrogen and oxygen atoms in total. The second kappa shape index (κ2) is 3.05. The third-order valence-electron chi connectivity index (χ3n) is 2.48. The Kier molecular flexibility index (Phi) is 2.05. The molecule has 0 aliphatic carbocycles. The van der Waals surface area contributed by atoms with Crippen molar-refractivity contribution in [1.29, 1.82) is 0 Å². The predicted octanol–water partition coefficient (Wildman–Crippen LogP) is 1.38. The van der Waals surface area contributed by atoms with Gasteiger partial charge in [-0.3, -0.25) is 0 Å². The molecule has 0 aromatic rings. The van der Waals surface area contributed by atoms with Crippen LogP contribution in [0, 0.1) is 0 Å². The third-order valence-corrected chi connectivity index (χ3v) is 2.48. The zero-order valence-electron chi connectivity index (χ0n) is 7.11. The molecular weight excluding hydrogens is 157 g/mol. The lowest BCUT2D eigenvalue weighted by atomic mass is 10.0. The molecule has 0 radical (unpaired) electrons. The summed E-state index contributed by atoms with van der Waals surface area (Å²) in [4.78, 5) is 0. The van der Waals surface area contributed by atoms with Crippen LogP contribution in [0.25, 0.3) is 0 Å². The Hall–Kier alpha value is -0.570. The van der Waals surface area contributed by atoms with Gasteiger partial charge in [0, 0.05) is 13.0 Å². The molecule has 12 heavy (non-hydrogen) atoms. The number of ether oxygens (including phenoxy) is 1. The molecule has 1 N–H and O–H groups in total. The Morgan fingerprint density at radius 3 is 3.08 bits per heavy atom. The van der Waals surface area contributed by atoms with E-state index in [9.17, 15) is 4.39 Å². The number of allylic oxidation sites excluding steroid dienone is 1. The molecule has 0 aromatic carbocycles. The van der Waals surface area contributed by atoms with Crippen molar-refractivity contribution in [3.63, 3.8) is 0 Å². The van der Waals surface area contributed by atoms with Gasteiger partial charge < -0.3 is 10.1 Å². The second-order valence-electron chi connectivity index (χ2n) is 3.45. The molecule has 1 atom stereocenters. The van der Waals surface area contributed by atoms with Gasteiger partial charge in [-0.25, -0.2) is 4.39 Å². The van der Waals surface area contributed by atoms with Crippen LogP contribution in [0.3, 0.4) is 0 Å². The molecule has 0 bridgehead atoms. The molecule has 2 aliphatic rings. The first kappa shape index (κ1) is 8.05. The molecule has 2 aliphatic heterocycles. The quantitative estimate of drug-likeness (QED) is 0.643. The molecule has 2 rings (SSSR count). The highest BCUT2D eigenvalue weighted by Gasteiger charge is 2.39. The van der Waals surface area contributed by atoms with Gasteiger partial charge in [0.25, 0.3) is 0 Å². The standard InChI is InChI=1S/C9H14FNO/c10-9(4-5-11-7-9)8-3-1-2-6-12-8/h3,11H,1-2,4-7H2. The highest BCUT2D eigenvalue weighted by Crippen LogP contribution is 2.31. The van der Waals surface area contributed by atoms with Gasteiger partial charge in [0.1, 0.15) is 5.76 Å². The molecular formula is C9H14FNO. The van der Waals surface area contributed by atoms with Gasteiger partial charge in [-0.15, -0.1) is 0 Å². The Morgan fingerprint density at radius 2 is 2.50 bits per heavy atom. The van der Waals surface area contributed by atoms with Crippen LogP contribution < -0.4 is 5.32 Å². The average Bonchev–Trinajstić information content (AvgIpc) is 2.55. The summed E-state index contributed by atoms with van der Waals surface area (Å²) in [5, 5.41) is 3.01. The van der Waals surface area contributed by atoms with Gasteiger partial charge in [0.15, 0.2) is 5.67 Å². The molecule has 0 amide bonds. The van der Waals surface area contributed by atoms with Crippen LogP contribution in [0.2, 0.25) is 0 Å². The minimum absolute atomic E-state index is 0.416. The number of halogens is 1. The number of nitrogens with one attached hydrogen (secondary N) is 1. The van der Waals surface area contributed by atoms with Gasteiger partial charge in [-0.2, -0.15) is 0 Å². The van der Waals surface area contributed by atoms with E-state index in [2.05, 4.69) is 5.32 Å².